The van der Waals surface area contributed by atoms with Crippen LogP contribution in [-0.4, -0.2) is 47.6 Å². The number of ether oxygens (including phenoxy) is 1. The van der Waals surface area contributed by atoms with Gasteiger partial charge in [-0.1, -0.05) is 6.07 Å². The van der Waals surface area contributed by atoms with Crippen molar-refractivity contribution in [2.24, 2.45) is 5.92 Å². The molecule has 2 heterocycles. The van der Waals surface area contributed by atoms with Gasteiger partial charge in [0.2, 0.25) is 0 Å². The molecule has 6 nitrogen and oxygen atoms in total. The van der Waals surface area contributed by atoms with E-state index in [1.54, 1.807) is 11.4 Å². The lowest BCUT2D eigenvalue weighted by molar-refractivity contribution is -0.328. The Morgan fingerprint density at radius 1 is 1.57 bits per heavy atom. The fraction of sp³-hybridized carbons (Fsp3) is 0.538. The Bertz CT molecular complexity index is 593. The van der Waals surface area contributed by atoms with Gasteiger partial charge in [-0.05, 0) is 18.4 Å². The molecule has 128 valence electrons. The summed E-state index contributed by atoms with van der Waals surface area (Å²) in [6.07, 6.45) is -5.24. The fourth-order valence-electron chi connectivity index (χ4n) is 2.51. The van der Waals surface area contributed by atoms with E-state index in [0.29, 0.717) is 4.88 Å². The lowest BCUT2D eigenvalue weighted by Crippen LogP contribution is -2.73. The Labute approximate surface area is 133 Å². The van der Waals surface area contributed by atoms with Gasteiger partial charge in [-0.15, -0.1) is 11.3 Å². The van der Waals surface area contributed by atoms with E-state index in [1.807, 2.05) is 0 Å². The number of alkyl halides is 3. The normalized spacial score (nSPS) is 28.4. The number of nitrogens with one attached hydrogen (secondary N) is 1. The molecule has 2 rings (SSSR count). The highest BCUT2D eigenvalue weighted by molar-refractivity contribution is 7.10. The predicted octanol–water partition coefficient (Wildman–Crippen LogP) is 1.87. The standard InChI is InChI=1S/C13H15F3N2O4S/c1-3-22-10(19)8-9(7-5-4-6-23-7)17-11(20)18(2)12(8,21)13(14,15)16/h4-6,8-9,21H,3H2,1-2H3,(H,17,20)/t8-,9-,12+/m1/s1. The van der Waals surface area contributed by atoms with Crippen molar-refractivity contribution >= 4 is 23.3 Å². The average molecular weight is 352 g/mol. The van der Waals surface area contributed by atoms with Crippen LogP contribution in [0.1, 0.15) is 17.8 Å². The number of amides is 2. The van der Waals surface area contributed by atoms with Crippen LogP contribution in [0.3, 0.4) is 0 Å². The summed E-state index contributed by atoms with van der Waals surface area (Å²) in [6.45, 7) is 1.29. The lowest BCUT2D eigenvalue weighted by Gasteiger charge is -2.48. The van der Waals surface area contributed by atoms with Crippen LogP contribution in [0.4, 0.5) is 18.0 Å². The number of halogens is 3. The SMILES string of the molecule is CCOC(=O)[C@H]1[C@@H](c2cccs2)NC(=O)N(C)[C@@]1(O)C(F)(F)F. The van der Waals surface area contributed by atoms with Crippen molar-refractivity contribution in [1.29, 1.82) is 0 Å². The van der Waals surface area contributed by atoms with Crippen molar-refractivity contribution in [2.75, 3.05) is 13.7 Å². The molecule has 1 aliphatic heterocycles. The molecule has 23 heavy (non-hydrogen) atoms. The second-order valence-corrected chi connectivity index (χ2v) is 5.93. The Morgan fingerprint density at radius 3 is 2.70 bits per heavy atom. The van der Waals surface area contributed by atoms with Crippen LogP contribution in [0.15, 0.2) is 17.5 Å². The molecule has 0 spiro atoms. The van der Waals surface area contributed by atoms with E-state index < -0.39 is 35.9 Å². The van der Waals surface area contributed by atoms with E-state index >= 15 is 0 Å². The number of rotatable bonds is 3. The molecule has 10 heteroatoms. The Balaban J connectivity index is 2.59. The summed E-state index contributed by atoms with van der Waals surface area (Å²) in [5.74, 6) is -3.29. The predicted molar refractivity (Wildman–Crippen MR) is 74.5 cm³/mol. The van der Waals surface area contributed by atoms with Gasteiger partial charge in [-0.2, -0.15) is 13.2 Å². The molecule has 1 aromatic heterocycles. The lowest BCUT2D eigenvalue weighted by atomic mass is 9.83. The second kappa shape index (κ2) is 6.00. The van der Waals surface area contributed by atoms with Crippen LogP contribution in [0.5, 0.6) is 0 Å². The first kappa shape index (κ1) is 17.5. The first-order valence-electron chi connectivity index (χ1n) is 6.68. The number of thiophene rings is 1. The molecule has 0 radical (unpaired) electrons. The number of carbonyl (C=O) groups excluding carboxylic acids is 2. The minimum Gasteiger partial charge on any atom is -0.466 e. The van der Waals surface area contributed by atoms with E-state index in [2.05, 4.69) is 5.32 Å². The summed E-state index contributed by atoms with van der Waals surface area (Å²) in [7, 11) is 0.777. The first-order chi connectivity index (χ1) is 10.6. The van der Waals surface area contributed by atoms with Gasteiger partial charge in [0.1, 0.15) is 5.92 Å². The quantitative estimate of drug-likeness (QED) is 0.814. The molecular weight excluding hydrogens is 337 g/mol. The third-order valence-corrected chi connectivity index (χ3v) is 4.62. The van der Waals surface area contributed by atoms with Gasteiger partial charge in [0, 0.05) is 11.9 Å². The molecule has 3 atom stereocenters. The van der Waals surface area contributed by atoms with Crippen molar-refractivity contribution in [2.45, 2.75) is 24.9 Å². The number of hydrogen-bond acceptors (Lipinski definition) is 5. The van der Waals surface area contributed by atoms with E-state index in [4.69, 9.17) is 4.74 Å². The molecule has 1 aliphatic rings. The molecule has 0 bridgehead atoms. The van der Waals surface area contributed by atoms with Crippen LogP contribution < -0.4 is 5.32 Å². The molecule has 0 aromatic carbocycles. The molecule has 2 amide bonds. The van der Waals surface area contributed by atoms with Gasteiger partial charge in [-0.3, -0.25) is 9.69 Å². The molecule has 0 unspecified atom stereocenters. The molecule has 0 aliphatic carbocycles. The van der Waals surface area contributed by atoms with Gasteiger partial charge in [0.25, 0.3) is 5.72 Å². The van der Waals surface area contributed by atoms with Crippen molar-refractivity contribution < 1.29 is 32.6 Å². The summed E-state index contributed by atoms with van der Waals surface area (Å²) in [6, 6.07) is 0.566. The number of nitrogens with zero attached hydrogens (tertiary/aromatic N) is 1. The molecule has 1 fully saturated rings. The highest BCUT2D eigenvalue weighted by Gasteiger charge is 2.69. The zero-order chi connectivity index (χ0) is 17.4. The van der Waals surface area contributed by atoms with Crippen molar-refractivity contribution in [3.8, 4) is 0 Å². The molecule has 1 aromatic rings. The summed E-state index contributed by atoms with van der Waals surface area (Å²) in [4.78, 5) is 24.5. The number of esters is 1. The van der Waals surface area contributed by atoms with Crippen LogP contribution >= 0.6 is 11.3 Å². The molecule has 0 saturated carbocycles. The molecule has 1 saturated heterocycles. The minimum atomic E-state index is -5.24. The summed E-state index contributed by atoms with van der Waals surface area (Å²) in [5, 5.41) is 14.2. The van der Waals surface area contributed by atoms with Crippen molar-refractivity contribution in [1.82, 2.24) is 10.2 Å². The van der Waals surface area contributed by atoms with Gasteiger partial charge < -0.3 is 15.2 Å². The van der Waals surface area contributed by atoms with Gasteiger partial charge in [0.05, 0.1) is 12.6 Å². The van der Waals surface area contributed by atoms with E-state index in [-0.39, 0.29) is 11.5 Å². The van der Waals surface area contributed by atoms with Crippen molar-refractivity contribution in [3.05, 3.63) is 22.4 Å². The summed E-state index contributed by atoms with van der Waals surface area (Å²) < 4.78 is 45.3. The van der Waals surface area contributed by atoms with Crippen LogP contribution in [0.2, 0.25) is 0 Å². The van der Waals surface area contributed by atoms with Gasteiger partial charge >= 0.3 is 18.2 Å². The average Bonchev–Trinajstić information content (AvgIpc) is 2.97. The Hall–Kier alpha value is -1.81. The van der Waals surface area contributed by atoms with E-state index in [1.165, 1.54) is 13.0 Å². The summed E-state index contributed by atoms with van der Waals surface area (Å²) >= 11 is 1.06. The maximum Gasteiger partial charge on any atom is 0.437 e. The van der Waals surface area contributed by atoms with Crippen LogP contribution in [0, 0.1) is 5.92 Å². The van der Waals surface area contributed by atoms with E-state index in [0.717, 1.165) is 18.4 Å². The Morgan fingerprint density at radius 2 is 2.22 bits per heavy atom. The summed E-state index contributed by atoms with van der Waals surface area (Å²) in [5.41, 5.74) is -3.67. The zero-order valence-electron chi connectivity index (χ0n) is 12.3. The fourth-order valence-corrected chi connectivity index (χ4v) is 3.32. The minimum absolute atomic E-state index is 0.0820. The third-order valence-electron chi connectivity index (χ3n) is 3.67. The highest BCUT2D eigenvalue weighted by atomic mass is 32.1. The van der Waals surface area contributed by atoms with Gasteiger partial charge in [0.15, 0.2) is 0 Å². The van der Waals surface area contributed by atoms with Gasteiger partial charge in [-0.25, -0.2) is 4.79 Å². The zero-order valence-corrected chi connectivity index (χ0v) is 13.1. The smallest absolute Gasteiger partial charge is 0.437 e. The number of hydrogen-bond donors (Lipinski definition) is 2. The maximum absolute atomic E-state index is 13.5. The first-order valence-corrected chi connectivity index (χ1v) is 7.56. The Kier molecular flexibility index (Phi) is 4.58. The number of aliphatic hydroxyl groups is 1. The monoisotopic (exact) mass is 352 g/mol. The van der Waals surface area contributed by atoms with E-state index in [9.17, 15) is 27.9 Å². The van der Waals surface area contributed by atoms with Crippen LogP contribution in [-0.2, 0) is 9.53 Å². The highest BCUT2D eigenvalue weighted by Crippen LogP contribution is 2.47. The second-order valence-electron chi connectivity index (χ2n) is 4.96. The number of urea groups is 1. The third kappa shape index (κ3) is 2.76. The van der Waals surface area contributed by atoms with Crippen LogP contribution in [0.25, 0.3) is 0 Å². The molecule has 2 N–H and O–H groups in total. The topological polar surface area (TPSA) is 78.9 Å². The van der Waals surface area contributed by atoms with Crippen molar-refractivity contribution in [3.63, 3.8) is 0 Å². The number of carbonyl (C=O) groups is 2. The maximum atomic E-state index is 13.5. The largest absolute Gasteiger partial charge is 0.466 e. The molecular formula is C13H15F3N2O4S.